The number of carbonyl (C=O) groups is 3. The van der Waals surface area contributed by atoms with Gasteiger partial charge in [0.15, 0.2) is 5.76 Å². The van der Waals surface area contributed by atoms with Gasteiger partial charge < -0.3 is 52.3 Å². The molecule has 480 valence electrons. The van der Waals surface area contributed by atoms with Crippen LogP contribution < -0.4 is 36.1 Å². The van der Waals surface area contributed by atoms with Crippen molar-refractivity contribution in [2.75, 3.05) is 100 Å². The lowest BCUT2D eigenvalue weighted by atomic mass is 9.96. The lowest BCUT2D eigenvalue weighted by molar-refractivity contribution is 0.0712. The zero-order valence-electron chi connectivity index (χ0n) is 53.6. The smallest absolute Gasteiger partial charge is 0.289 e. The summed E-state index contributed by atoms with van der Waals surface area (Å²) in [5.74, 6) is 0.809. The molecule has 8 heterocycles. The van der Waals surface area contributed by atoms with Crippen LogP contribution in [-0.4, -0.2) is 137 Å². The highest BCUT2D eigenvalue weighted by molar-refractivity contribution is 5.99. The molecular weight excluding hydrogens is 1200 g/mol. The molecule has 5 aromatic heterocycles. The van der Waals surface area contributed by atoms with E-state index in [-0.39, 0.29) is 56.5 Å². The minimum atomic E-state index is -0.300. The number of para-hydroxylation sites is 3. The van der Waals surface area contributed by atoms with Gasteiger partial charge in [0, 0.05) is 132 Å². The number of piperazine rings is 3. The van der Waals surface area contributed by atoms with Gasteiger partial charge in [-0.3, -0.25) is 33.8 Å². The summed E-state index contributed by atoms with van der Waals surface area (Å²) in [6, 6.07) is 53.1. The summed E-state index contributed by atoms with van der Waals surface area (Å²) in [7, 11) is 3.27. The number of methoxy groups -OCH3 is 1. The largest absolute Gasteiger partial charge is 0.497 e. The number of pyridine rings is 4. The van der Waals surface area contributed by atoms with E-state index in [1.165, 1.54) is 10.8 Å². The van der Waals surface area contributed by atoms with Crippen LogP contribution in [0.15, 0.2) is 189 Å². The van der Waals surface area contributed by atoms with Crippen molar-refractivity contribution in [3.05, 3.63) is 241 Å². The van der Waals surface area contributed by atoms with Crippen LogP contribution in [0.3, 0.4) is 0 Å². The molecule has 0 N–H and O–H groups in total. The average molecular weight is 1270 g/mol. The number of carbonyl (C=O) groups excluding carboxylic acids is 3. The summed E-state index contributed by atoms with van der Waals surface area (Å²) in [4.78, 5) is 93.2. The van der Waals surface area contributed by atoms with Gasteiger partial charge in [0.2, 0.25) is 0 Å². The number of hydrogen-bond acceptors (Lipinski definition) is 15. The Bertz CT molecular complexity index is 4800. The van der Waals surface area contributed by atoms with E-state index in [0.29, 0.717) is 131 Å². The lowest BCUT2D eigenvalue weighted by Gasteiger charge is -2.37. The number of amides is 3. The van der Waals surface area contributed by atoms with Gasteiger partial charge in [-0.25, -0.2) is 0 Å². The van der Waals surface area contributed by atoms with Crippen LogP contribution in [0, 0.1) is 39.4 Å². The van der Waals surface area contributed by atoms with Gasteiger partial charge in [0.05, 0.1) is 53.5 Å². The van der Waals surface area contributed by atoms with Crippen LogP contribution in [0.1, 0.15) is 74.3 Å². The zero-order valence-corrected chi connectivity index (χ0v) is 53.6. The minimum absolute atomic E-state index is 0.0311. The number of furan rings is 1. The number of ether oxygens (including phenoxy) is 1. The summed E-state index contributed by atoms with van der Waals surface area (Å²) < 4.78 is 15.3. The van der Waals surface area contributed by atoms with Gasteiger partial charge >= 0.3 is 0 Å². The van der Waals surface area contributed by atoms with E-state index >= 15 is 0 Å². The van der Waals surface area contributed by atoms with Crippen molar-refractivity contribution in [2.45, 2.75) is 33.9 Å². The topological polar surface area (TPSA) is 243 Å². The van der Waals surface area contributed by atoms with Crippen molar-refractivity contribution < 1.29 is 23.5 Å². The second-order valence-electron chi connectivity index (χ2n) is 24.5. The number of aryl methyl sites for hydroxylation is 1. The predicted octanol–water partition coefficient (Wildman–Crippen LogP) is 9.13. The van der Waals surface area contributed by atoms with Crippen molar-refractivity contribution in [1.82, 2.24) is 33.4 Å². The number of nitrogens with zero attached hydrogens (tertiary/aromatic N) is 13. The fraction of sp³-hybridized carbons (Fsp3) is 0.270. The summed E-state index contributed by atoms with van der Waals surface area (Å²) in [6.07, 6.45) is 4.70. The first-order valence-electron chi connectivity index (χ1n) is 31.4. The van der Waals surface area contributed by atoms with Crippen molar-refractivity contribution in [3.8, 4) is 24.0 Å². The van der Waals surface area contributed by atoms with E-state index in [9.17, 15) is 44.6 Å². The Balaban J connectivity index is 0.000000146. The van der Waals surface area contributed by atoms with Crippen LogP contribution in [0.4, 0.5) is 17.1 Å². The molecule has 3 saturated heterocycles. The summed E-state index contributed by atoms with van der Waals surface area (Å²) in [5, 5.41) is 32.2. The number of nitriles is 3. The number of anilines is 3. The Morgan fingerprint density at radius 2 is 0.895 bits per heavy atom. The molecule has 3 amide bonds. The van der Waals surface area contributed by atoms with E-state index in [1.54, 1.807) is 94.0 Å². The molecule has 5 aromatic carbocycles. The molecule has 95 heavy (non-hydrogen) atoms. The summed E-state index contributed by atoms with van der Waals surface area (Å²) >= 11 is 0. The van der Waals surface area contributed by atoms with Gasteiger partial charge in [-0.15, -0.1) is 0 Å². The van der Waals surface area contributed by atoms with Gasteiger partial charge in [0.25, 0.3) is 34.4 Å². The van der Waals surface area contributed by atoms with Crippen molar-refractivity contribution in [1.29, 1.82) is 15.8 Å². The molecule has 0 atom stereocenters. The average Bonchev–Trinajstić information content (AvgIpc) is 0.832. The highest BCUT2D eigenvalue weighted by atomic mass is 16.5. The monoisotopic (exact) mass is 1270 g/mol. The second kappa shape index (κ2) is 28.4. The van der Waals surface area contributed by atoms with E-state index in [1.807, 2.05) is 113 Å². The first-order chi connectivity index (χ1) is 46.0. The molecule has 0 bridgehead atoms. The molecule has 21 nitrogen and oxygen atoms in total. The fourth-order valence-electron chi connectivity index (χ4n) is 12.6. The molecule has 0 spiro atoms. The minimum Gasteiger partial charge on any atom is -0.497 e. The Morgan fingerprint density at radius 3 is 1.35 bits per heavy atom. The molecule has 3 fully saturated rings. The van der Waals surface area contributed by atoms with Gasteiger partial charge in [-0.1, -0.05) is 106 Å². The normalized spacial score (nSPS) is 14.0. The molecule has 21 heteroatoms. The van der Waals surface area contributed by atoms with Crippen LogP contribution in [0.25, 0.3) is 32.7 Å². The highest BCUT2D eigenvalue weighted by Gasteiger charge is 2.32. The Hall–Kier alpha value is -11.8. The number of rotatable bonds is 10. The van der Waals surface area contributed by atoms with Crippen LogP contribution in [-0.2, 0) is 20.1 Å². The molecule has 13 rings (SSSR count). The molecule has 0 unspecified atom stereocenters. The Kier molecular flexibility index (Phi) is 19.4. The van der Waals surface area contributed by atoms with Crippen LogP contribution >= 0.6 is 0 Å². The van der Waals surface area contributed by atoms with Crippen molar-refractivity contribution >= 4 is 67.5 Å². The van der Waals surface area contributed by atoms with E-state index < -0.39 is 0 Å². The van der Waals surface area contributed by atoms with E-state index in [2.05, 4.69) is 53.8 Å². The SMILES string of the molecule is CC(C)(C)Cn1c(=O)c(C#N)c(N2CCN(C(=O)c3ccco3)CC2)c2ccccc21.COc1ccc(C(=O)N2CCN(c3c(C#N)c(=O)n(Cc4ccccc4)c4ccccc34)CC2)cc1.Cn1c(=O)c(C#N)c(N2CCN(C(=O)c3ccncc3)CC2)c2ccccc21. The molecular formula is C74H71N13O8. The van der Waals surface area contributed by atoms with Gasteiger partial charge in [-0.2, -0.15) is 15.8 Å². The second-order valence-corrected chi connectivity index (χ2v) is 24.5. The van der Waals surface area contributed by atoms with Crippen LogP contribution in [0.2, 0.25) is 0 Å². The van der Waals surface area contributed by atoms with E-state index in [4.69, 9.17) is 9.15 Å². The molecule has 0 saturated carbocycles. The third-order valence-corrected chi connectivity index (χ3v) is 17.4. The Labute approximate surface area is 548 Å². The number of benzene rings is 5. The van der Waals surface area contributed by atoms with Crippen molar-refractivity contribution in [3.63, 3.8) is 0 Å². The zero-order chi connectivity index (χ0) is 66.9. The van der Waals surface area contributed by atoms with Crippen LogP contribution in [0.5, 0.6) is 5.75 Å². The van der Waals surface area contributed by atoms with E-state index in [0.717, 1.165) is 38.3 Å². The highest BCUT2D eigenvalue weighted by Crippen LogP contribution is 2.34. The number of aromatic nitrogens is 4. The fourth-order valence-corrected chi connectivity index (χ4v) is 12.6. The standard InChI is InChI=1S/C29H26N4O3.C24H26N4O3.C21H19N5O2/c1-36-23-13-11-22(12-14-23)28(34)32-17-15-31(16-18-32)27-24-9-5-6-10-26(24)33(29(35)25(27)19-30)20-21-7-3-2-4-8-21;1-24(2,3)16-28-19-8-5-4-7-17(19)21(18(15-25)22(28)29)26-10-12-27(13-11-26)23(30)20-9-6-14-31-20;1-24-18-5-3-2-4-16(18)19(17(14-22)21(24)28)25-10-12-26(13-11-25)20(27)15-6-8-23-9-7-15/h2-14H,15-18,20H2,1H3;4-9,14H,10-13,16H2,1-3H3;2-9H,10-13H2,1H3. The van der Waals surface area contributed by atoms with Gasteiger partial charge in [0.1, 0.15) is 40.6 Å². The molecule has 0 radical (unpaired) electrons. The molecule has 0 aliphatic carbocycles. The molecule has 3 aliphatic rings. The number of hydrogen-bond donors (Lipinski definition) is 0. The van der Waals surface area contributed by atoms with Crippen molar-refractivity contribution in [2.24, 2.45) is 12.5 Å². The van der Waals surface area contributed by atoms with Gasteiger partial charge in [-0.05, 0) is 77.7 Å². The summed E-state index contributed by atoms with van der Waals surface area (Å²) in [6.45, 7) is 13.4. The lowest BCUT2D eigenvalue weighted by Crippen LogP contribution is -2.49. The maximum atomic E-state index is 13.5. The maximum Gasteiger partial charge on any atom is 0.289 e. The molecule has 10 aromatic rings. The maximum absolute atomic E-state index is 13.5. The summed E-state index contributed by atoms with van der Waals surface area (Å²) in [5.41, 5.74) is 6.07. The Morgan fingerprint density at radius 1 is 0.484 bits per heavy atom. The number of fused-ring (bicyclic) bond motifs is 3. The third-order valence-electron chi connectivity index (χ3n) is 17.4. The first kappa shape index (κ1) is 64.8. The third kappa shape index (κ3) is 13.6. The predicted molar refractivity (Wildman–Crippen MR) is 365 cm³/mol. The molecule has 3 aliphatic heterocycles. The quantitative estimate of drug-likeness (QED) is 0.124. The first-order valence-corrected chi connectivity index (χ1v) is 31.4.